The van der Waals surface area contributed by atoms with E-state index in [2.05, 4.69) is 15.3 Å². The van der Waals surface area contributed by atoms with Gasteiger partial charge in [0, 0.05) is 25.7 Å². The van der Waals surface area contributed by atoms with Crippen molar-refractivity contribution in [1.82, 2.24) is 19.1 Å². The first-order chi connectivity index (χ1) is 12.0. The summed E-state index contributed by atoms with van der Waals surface area (Å²) in [5, 5.41) is 11.5. The van der Waals surface area contributed by atoms with Crippen LogP contribution in [-0.2, 0) is 18.4 Å². The summed E-state index contributed by atoms with van der Waals surface area (Å²) in [7, 11) is 1.59. The van der Waals surface area contributed by atoms with Gasteiger partial charge in [-0.25, -0.2) is 14.8 Å². The molecule has 9 nitrogen and oxygen atoms in total. The molecule has 0 spiro atoms. The van der Waals surface area contributed by atoms with E-state index in [1.807, 2.05) is 0 Å². The van der Waals surface area contributed by atoms with Crippen molar-refractivity contribution in [2.24, 2.45) is 7.05 Å². The van der Waals surface area contributed by atoms with E-state index in [9.17, 15) is 14.4 Å². The predicted molar refractivity (Wildman–Crippen MR) is 89.4 cm³/mol. The van der Waals surface area contributed by atoms with Gasteiger partial charge in [-0.3, -0.25) is 9.59 Å². The SMILES string of the molecule is Cn1cnc2c(ncn2CCC(=O)Nc2ccc(C(=O)O)cc2)c1=O. The number of amides is 1. The lowest BCUT2D eigenvalue weighted by Crippen LogP contribution is -2.18. The van der Waals surface area contributed by atoms with E-state index in [1.54, 1.807) is 11.6 Å². The molecule has 0 saturated carbocycles. The van der Waals surface area contributed by atoms with Gasteiger partial charge in [0.15, 0.2) is 11.2 Å². The van der Waals surface area contributed by atoms with Crippen molar-refractivity contribution in [2.75, 3.05) is 5.32 Å². The van der Waals surface area contributed by atoms with Gasteiger partial charge in [0.25, 0.3) is 5.56 Å². The summed E-state index contributed by atoms with van der Waals surface area (Å²) in [6.45, 7) is 0.315. The lowest BCUT2D eigenvalue weighted by Gasteiger charge is -2.07. The van der Waals surface area contributed by atoms with Crippen LogP contribution < -0.4 is 10.9 Å². The number of hydrogen-bond acceptors (Lipinski definition) is 5. The van der Waals surface area contributed by atoms with Gasteiger partial charge in [-0.15, -0.1) is 0 Å². The van der Waals surface area contributed by atoms with Crippen molar-refractivity contribution in [3.8, 4) is 0 Å². The van der Waals surface area contributed by atoms with Crippen LogP contribution in [0.25, 0.3) is 11.2 Å². The van der Waals surface area contributed by atoms with E-state index in [1.165, 1.54) is 41.5 Å². The minimum atomic E-state index is -1.02. The second kappa shape index (κ2) is 6.56. The van der Waals surface area contributed by atoms with Crippen molar-refractivity contribution in [1.29, 1.82) is 0 Å². The number of fused-ring (bicyclic) bond motifs is 1. The highest BCUT2D eigenvalue weighted by Crippen LogP contribution is 2.11. The maximum atomic E-state index is 12.0. The third-order valence-corrected chi connectivity index (χ3v) is 3.68. The molecule has 3 aromatic rings. The molecule has 0 atom stereocenters. The van der Waals surface area contributed by atoms with Crippen LogP contribution in [0.4, 0.5) is 5.69 Å². The Kier molecular flexibility index (Phi) is 4.29. The van der Waals surface area contributed by atoms with Crippen LogP contribution in [0.2, 0.25) is 0 Å². The van der Waals surface area contributed by atoms with E-state index in [4.69, 9.17) is 5.11 Å². The van der Waals surface area contributed by atoms with Gasteiger partial charge >= 0.3 is 5.97 Å². The number of nitrogens with one attached hydrogen (secondary N) is 1. The van der Waals surface area contributed by atoms with E-state index in [-0.39, 0.29) is 29.0 Å². The van der Waals surface area contributed by atoms with Gasteiger partial charge in [-0.05, 0) is 24.3 Å². The van der Waals surface area contributed by atoms with E-state index < -0.39 is 5.97 Å². The average molecular weight is 341 g/mol. The molecule has 0 fully saturated rings. The fourth-order valence-corrected chi connectivity index (χ4v) is 2.33. The number of imidazole rings is 1. The summed E-state index contributed by atoms with van der Waals surface area (Å²) in [5.41, 5.74) is 1.11. The number of aromatic carboxylic acids is 1. The zero-order chi connectivity index (χ0) is 18.0. The van der Waals surface area contributed by atoms with Gasteiger partial charge in [0.1, 0.15) is 0 Å². The van der Waals surface area contributed by atoms with Crippen molar-refractivity contribution in [3.05, 3.63) is 52.8 Å². The Morgan fingerprint density at radius 3 is 2.56 bits per heavy atom. The van der Waals surface area contributed by atoms with Crippen molar-refractivity contribution >= 4 is 28.7 Å². The zero-order valence-corrected chi connectivity index (χ0v) is 13.3. The van der Waals surface area contributed by atoms with Crippen LogP contribution in [0.15, 0.2) is 41.7 Å². The molecule has 9 heteroatoms. The third kappa shape index (κ3) is 3.39. The summed E-state index contributed by atoms with van der Waals surface area (Å²) in [4.78, 5) is 43.0. The van der Waals surface area contributed by atoms with E-state index >= 15 is 0 Å². The Morgan fingerprint density at radius 1 is 1.16 bits per heavy atom. The molecule has 3 rings (SSSR count). The number of benzene rings is 1. The van der Waals surface area contributed by atoms with Gasteiger partial charge in [-0.1, -0.05) is 0 Å². The van der Waals surface area contributed by atoms with Crippen LogP contribution in [0.3, 0.4) is 0 Å². The number of nitrogens with zero attached hydrogens (tertiary/aromatic N) is 4. The number of hydrogen-bond donors (Lipinski definition) is 2. The summed E-state index contributed by atoms with van der Waals surface area (Å²) in [5.74, 6) is -1.27. The van der Waals surface area contributed by atoms with Crippen LogP contribution in [-0.4, -0.2) is 36.1 Å². The van der Waals surface area contributed by atoms with Crippen LogP contribution >= 0.6 is 0 Å². The summed E-state index contributed by atoms with van der Waals surface area (Å²) >= 11 is 0. The molecule has 0 aliphatic carbocycles. The summed E-state index contributed by atoms with van der Waals surface area (Å²) < 4.78 is 2.98. The first-order valence-electron chi connectivity index (χ1n) is 7.45. The summed E-state index contributed by atoms with van der Waals surface area (Å²) in [6.07, 6.45) is 3.05. The smallest absolute Gasteiger partial charge is 0.335 e. The second-order valence-electron chi connectivity index (χ2n) is 5.45. The first-order valence-corrected chi connectivity index (χ1v) is 7.45. The monoisotopic (exact) mass is 341 g/mol. The molecule has 0 saturated heterocycles. The highest BCUT2D eigenvalue weighted by atomic mass is 16.4. The van der Waals surface area contributed by atoms with Crippen LogP contribution in [0, 0.1) is 0 Å². The largest absolute Gasteiger partial charge is 0.478 e. The highest BCUT2D eigenvalue weighted by molar-refractivity contribution is 5.92. The number of carbonyl (C=O) groups is 2. The lowest BCUT2D eigenvalue weighted by molar-refractivity contribution is -0.116. The number of aromatic nitrogens is 4. The number of carboxylic acids is 1. The van der Waals surface area contributed by atoms with Gasteiger partial charge in [-0.2, -0.15) is 0 Å². The molecular weight excluding hydrogens is 326 g/mol. The Balaban J connectivity index is 1.65. The Labute approximate surface area is 141 Å². The molecule has 0 bridgehead atoms. The number of rotatable bonds is 5. The maximum absolute atomic E-state index is 12.0. The fraction of sp³-hybridized carbons (Fsp3) is 0.188. The minimum Gasteiger partial charge on any atom is -0.478 e. The molecule has 2 aromatic heterocycles. The topological polar surface area (TPSA) is 119 Å². The standard InChI is InChI=1S/C16H15N5O4/c1-20-8-18-14-13(15(20)23)17-9-21(14)7-6-12(22)19-11-4-2-10(3-5-11)16(24)25/h2-5,8-9H,6-7H2,1H3,(H,19,22)(H,24,25). The van der Waals surface area contributed by atoms with Crippen LogP contribution in [0.1, 0.15) is 16.8 Å². The molecule has 25 heavy (non-hydrogen) atoms. The molecule has 128 valence electrons. The average Bonchev–Trinajstić information content (AvgIpc) is 3.00. The van der Waals surface area contributed by atoms with Crippen molar-refractivity contribution in [2.45, 2.75) is 13.0 Å². The Hall–Kier alpha value is -3.49. The maximum Gasteiger partial charge on any atom is 0.335 e. The molecule has 0 aliphatic rings. The number of carbonyl (C=O) groups excluding carboxylic acids is 1. The van der Waals surface area contributed by atoms with Crippen LogP contribution in [0.5, 0.6) is 0 Å². The molecule has 1 amide bonds. The Morgan fingerprint density at radius 2 is 1.88 bits per heavy atom. The Bertz CT molecular complexity index is 1000. The zero-order valence-electron chi connectivity index (χ0n) is 13.3. The quantitative estimate of drug-likeness (QED) is 0.710. The van der Waals surface area contributed by atoms with Gasteiger partial charge < -0.3 is 19.6 Å². The molecule has 2 N–H and O–H groups in total. The molecule has 2 heterocycles. The minimum absolute atomic E-state index is 0.149. The number of anilines is 1. The first kappa shape index (κ1) is 16.4. The van der Waals surface area contributed by atoms with Gasteiger partial charge in [0.2, 0.25) is 5.91 Å². The lowest BCUT2D eigenvalue weighted by atomic mass is 10.2. The number of carboxylic acid groups (broad SMARTS) is 1. The predicted octanol–water partition coefficient (Wildman–Crippen LogP) is 0.857. The van der Waals surface area contributed by atoms with Crippen molar-refractivity contribution < 1.29 is 14.7 Å². The number of aryl methyl sites for hydroxylation is 2. The normalized spacial score (nSPS) is 10.8. The van der Waals surface area contributed by atoms with Crippen molar-refractivity contribution in [3.63, 3.8) is 0 Å². The molecule has 0 aliphatic heterocycles. The third-order valence-electron chi connectivity index (χ3n) is 3.68. The second-order valence-corrected chi connectivity index (χ2v) is 5.45. The molecule has 0 unspecified atom stereocenters. The molecule has 0 radical (unpaired) electrons. The fourth-order valence-electron chi connectivity index (χ4n) is 2.33. The molecular formula is C16H15N5O4. The van der Waals surface area contributed by atoms with Gasteiger partial charge in [0.05, 0.1) is 18.2 Å². The summed E-state index contributed by atoms with van der Waals surface area (Å²) in [6, 6.07) is 5.89. The van der Waals surface area contributed by atoms with E-state index in [0.29, 0.717) is 17.9 Å². The molecule has 1 aromatic carbocycles. The highest BCUT2D eigenvalue weighted by Gasteiger charge is 2.10. The van der Waals surface area contributed by atoms with E-state index in [0.717, 1.165) is 0 Å².